The smallest absolute Gasteiger partial charge is 0.330 e. The summed E-state index contributed by atoms with van der Waals surface area (Å²) in [6.07, 6.45) is 3.47. The zero-order valence-electron chi connectivity index (χ0n) is 9.00. The Balaban J connectivity index is 2.37. The predicted octanol–water partition coefficient (Wildman–Crippen LogP) is -0.461. The molecule has 90 valence electrons. The minimum absolute atomic E-state index is 0.188. The molecule has 17 heavy (non-hydrogen) atoms. The summed E-state index contributed by atoms with van der Waals surface area (Å²) >= 11 is 0. The van der Waals surface area contributed by atoms with Crippen LogP contribution in [-0.2, 0) is 4.74 Å². The number of nitrogens with one attached hydrogen (secondary N) is 1. The molecule has 1 aromatic heterocycles. The lowest BCUT2D eigenvalue weighted by molar-refractivity contribution is -0.0128. The Morgan fingerprint density at radius 2 is 2.35 bits per heavy atom. The molecule has 2 heterocycles. The molecule has 0 radical (unpaired) electrons. The molecule has 1 aliphatic rings. The maximum Gasteiger partial charge on any atom is 0.330 e. The molecule has 0 bridgehead atoms. The van der Waals surface area contributed by atoms with Crippen molar-refractivity contribution in [2.75, 3.05) is 6.61 Å². The molecular weight excluding hydrogens is 224 g/mol. The summed E-state index contributed by atoms with van der Waals surface area (Å²) in [6.45, 7) is 3.41. The number of nitrogens with zero attached hydrogens (tertiary/aromatic N) is 1. The van der Waals surface area contributed by atoms with E-state index < -0.39 is 23.6 Å². The van der Waals surface area contributed by atoms with Gasteiger partial charge in [-0.3, -0.25) is 14.3 Å². The van der Waals surface area contributed by atoms with Crippen molar-refractivity contribution in [1.29, 1.82) is 0 Å². The van der Waals surface area contributed by atoms with E-state index >= 15 is 0 Å². The van der Waals surface area contributed by atoms with Gasteiger partial charge in [0.1, 0.15) is 6.10 Å². The standard InChI is InChI=1S/C11H12N2O4/c1-2-7-5-10(17-8(7)6-14)13-4-3-9(15)12-11(13)16/h2-5,8,10,14H,1,6H2,(H,12,15,16)/t8-,10-/m1/s1. The molecule has 0 aliphatic carbocycles. The third kappa shape index (κ3) is 2.13. The van der Waals surface area contributed by atoms with E-state index in [2.05, 4.69) is 11.6 Å². The van der Waals surface area contributed by atoms with Crippen molar-refractivity contribution in [2.45, 2.75) is 12.3 Å². The highest BCUT2D eigenvalue weighted by atomic mass is 16.5. The third-order valence-corrected chi connectivity index (χ3v) is 2.54. The first-order chi connectivity index (χ1) is 8.15. The molecule has 0 aromatic carbocycles. The largest absolute Gasteiger partial charge is 0.393 e. The Labute approximate surface area is 96.5 Å². The van der Waals surface area contributed by atoms with Crippen LogP contribution in [0.5, 0.6) is 0 Å². The minimum atomic E-state index is -0.635. The van der Waals surface area contributed by atoms with Crippen molar-refractivity contribution in [3.8, 4) is 0 Å². The first-order valence-electron chi connectivity index (χ1n) is 5.07. The van der Waals surface area contributed by atoms with Gasteiger partial charge in [0, 0.05) is 12.3 Å². The average Bonchev–Trinajstić information content (AvgIpc) is 2.72. The van der Waals surface area contributed by atoms with Crippen molar-refractivity contribution in [3.63, 3.8) is 0 Å². The molecule has 6 nitrogen and oxygen atoms in total. The van der Waals surface area contributed by atoms with Gasteiger partial charge in [-0.15, -0.1) is 0 Å². The molecule has 2 atom stereocenters. The van der Waals surface area contributed by atoms with Crippen LogP contribution >= 0.6 is 0 Å². The number of ether oxygens (including phenoxy) is 1. The second kappa shape index (κ2) is 4.52. The molecule has 2 rings (SSSR count). The van der Waals surface area contributed by atoms with Crippen molar-refractivity contribution in [2.24, 2.45) is 0 Å². The van der Waals surface area contributed by atoms with Gasteiger partial charge in [0.25, 0.3) is 5.56 Å². The number of aromatic amines is 1. The molecule has 6 heteroatoms. The fourth-order valence-electron chi connectivity index (χ4n) is 1.68. The Bertz CT molecular complexity index is 569. The van der Waals surface area contributed by atoms with Gasteiger partial charge in [-0.1, -0.05) is 12.7 Å². The van der Waals surface area contributed by atoms with Crippen LogP contribution in [0.1, 0.15) is 6.23 Å². The SMILES string of the molecule is C=CC1=C[C@H](n2ccc(=O)[nH]c2=O)O[C@@H]1CO. The maximum absolute atomic E-state index is 11.5. The Hall–Kier alpha value is -1.92. The van der Waals surface area contributed by atoms with Gasteiger partial charge >= 0.3 is 5.69 Å². The predicted molar refractivity (Wildman–Crippen MR) is 60.6 cm³/mol. The molecular formula is C11H12N2O4. The average molecular weight is 236 g/mol. The van der Waals surface area contributed by atoms with Gasteiger partial charge in [0.05, 0.1) is 6.61 Å². The number of aliphatic hydroxyl groups excluding tert-OH is 1. The number of hydrogen-bond acceptors (Lipinski definition) is 4. The van der Waals surface area contributed by atoms with Crippen molar-refractivity contribution < 1.29 is 9.84 Å². The molecule has 0 amide bonds. The van der Waals surface area contributed by atoms with E-state index in [4.69, 9.17) is 9.84 Å². The highest BCUT2D eigenvalue weighted by Crippen LogP contribution is 2.26. The first-order valence-corrected chi connectivity index (χ1v) is 5.07. The zero-order valence-corrected chi connectivity index (χ0v) is 9.00. The van der Waals surface area contributed by atoms with E-state index in [0.717, 1.165) is 5.57 Å². The van der Waals surface area contributed by atoms with Crippen LogP contribution in [0.2, 0.25) is 0 Å². The normalized spacial score (nSPS) is 23.5. The van der Waals surface area contributed by atoms with Gasteiger partial charge in [0.2, 0.25) is 0 Å². The third-order valence-electron chi connectivity index (χ3n) is 2.54. The number of hydrogen-bond donors (Lipinski definition) is 2. The molecule has 0 saturated heterocycles. The second-order valence-electron chi connectivity index (χ2n) is 3.59. The van der Waals surface area contributed by atoms with Crippen molar-refractivity contribution in [1.82, 2.24) is 9.55 Å². The van der Waals surface area contributed by atoms with Gasteiger partial charge in [0.15, 0.2) is 6.23 Å². The second-order valence-corrected chi connectivity index (χ2v) is 3.59. The molecule has 1 aliphatic heterocycles. The van der Waals surface area contributed by atoms with E-state index in [9.17, 15) is 9.59 Å². The molecule has 2 N–H and O–H groups in total. The quantitative estimate of drug-likeness (QED) is 0.743. The number of aliphatic hydroxyl groups is 1. The lowest BCUT2D eigenvalue weighted by atomic mass is 10.1. The van der Waals surface area contributed by atoms with E-state index in [1.807, 2.05) is 0 Å². The van der Waals surface area contributed by atoms with Crippen LogP contribution in [0.15, 0.2) is 46.2 Å². The maximum atomic E-state index is 11.5. The zero-order chi connectivity index (χ0) is 12.4. The minimum Gasteiger partial charge on any atom is -0.393 e. The molecule has 0 saturated carbocycles. The topological polar surface area (TPSA) is 84.3 Å². The Morgan fingerprint density at radius 1 is 1.59 bits per heavy atom. The van der Waals surface area contributed by atoms with Crippen LogP contribution < -0.4 is 11.2 Å². The summed E-state index contributed by atoms with van der Waals surface area (Å²) in [5, 5.41) is 9.09. The van der Waals surface area contributed by atoms with Crippen molar-refractivity contribution in [3.05, 3.63) is 57.4 Å². The summed E-state index contributed by atoms with van der Waals surface area (Å²) in [4.78, 5) is 24.6. The van der Waals surface area contributed by atoms with Gasteiger partial charge < -0.3 is 9.84 Å². The van der Waals surface area contributed by atoms with Gasteiger partial charge in [-0.2, -0.15) is 0 Å². The van der Waals surface area contributed by atoms with Crippen LogP contribution in [-0.4, -0.2) is 27.4 Å². The summed E-state index contributed by atoms with van der Waals surface area (Å²) in [5.74, 6) is 0. The Morgan fingerprint density at radius 3 is 2.88 bits per heavy atom. The van der Waals surface area contributed by atoms with Crippen LogP contribution in [0.3, 0.4) is 0 Å². The Kier molecular flexibility index (Phi) is 3.08. The van der Waals surface area contributed by atoms with E-state index in [-0.39, 0.29) is 6.61 Å². The van der Waals surface area contributed by atoms with E-state index in [1.54, 1.807) is 12.2 Å². The highest BCUT2D eigenvalue weighted by Gasteiger charge is 2.26. The number of H-pyrrole nitrogens is 1. The molecule has 0 unspecified atom stereocenters. The first kappa shape index (κ1) is 11.6. The van der Waals surface area contributed by atoms with Crippen LogP contribution in [0, 0.1) is 0 Å². The van der Waals surface area contributed by atoms with E-state index in [1.165, 1.54) is 16.8 Å². The fraction of sp³-hybridized carbons (Fsp3) is 0.273. The summed E-state index contributed by atoms with van der Waals surface area (Å²) in [5.41, 5.74) is -0.299. The van der Waals surface area contributed by atoms with Gasteiger partial charge in [-0.25, -0.2) is 4.79 Å². The summed E-state index contributed by atoms with van der Waals surface area (Å²) in [6, 6.07) is 1.23. The monoisotopic (exact) mass is 236 g/mol. The number of rotatable bonds is 3. The van der Waals surface area contributed by atoms with Crippen LogP contribution in [0.4, 0.5) is 0 Å². The van der Waals surface area contributed by atoms with Crippen molar-refractivity contribution >= 4 is 0 Å². The summed E-state index contributed by atoms with van der Waals surface area (Å²) < 4.78 is 6.68. The highest BCUT2D eigenvalue weighted by molar-refractivity contribution is 5.25. The number of aromatic nitrogens is 2. The molecule has 0 fully saturated rings. The van der Waals surface area contributed by atoms with Crippen LogP contribution in [0.25, 0.3) is 0 Å². The summed E-state index contributed by atoms with van der Waals surface area (Å²) in [7, 11) is 0. The molecule has 0 spiro atoms. The fourth-order valence-corrected chi connectivity index (χ4v) is 1.68. The van der Waals surface area contributed by atoms with E-state index in [0.29, 0.717) is 0 Å². The lowest BCUT2D eigenvalue weighted by Gasteiger charge is -2.14. The molecule has 1 aromatic rings. The lowest BCUT2D eigenvalue weighted by Crippen LogP contribution is -2.31. The van der Waals surface area contributed by atoms with Gasteiger partial charge in [-0.05, 0) is 11.6 Å².